The van der Waals surface area contributed by atoms with E-state index in [-0.39, 0.29) is 0 Å². The number of rotatable bonds is 4. The van der Waals surface area contributed by atoms with Gasteiger partial charge in [0.15, 0.2) is 0 Å². The van der Waals surface area contributed by atoms with Crippen molar-refractivity contribution in [2.24, 2.45) is 0 Å². The lowest BCUT2D eigenvalue weighted by Crippen LogP contribution is -1.96. The van der Waals surface area contributed by atoms with Crippen LogP contribution in [0.5, 0.6) is 0 Å². The molecule has 46 heavy (non-hydrogen) atoms. The van der Waals surface area contributed by atoms with E-state index in [2.05, 4.69) is 84.9 Å². The summed E-state index contributed by atoms with van der Waals surface area (Å²) >= 11 is 0. The van der Waals surface area contributed by atoms with Crippen LogP contribution in [-0.4, -0.2) is 24.9 Å². The molecule has 0 unspecified atom stereocenters. The summed E-state index contributed by atoms with van der Waals surface area (Å²) in [6, 6.07) is 51.3. The molecule has 0 saturated carbocycles. The quantitative estimate of drug-likeness (QED) is 0.192. The smallest absolute Gasteiger partial charge is 0.0972 e. The molecule has 0 fully saturated rings. The van der Waals surface area contributed by atoms with Gasteiger partial charge in [-0.15, -0.1) is 0 Å². The molecule has 0 aliphatic heterocycles. The lowest BCUT2D eigenvalue weighted by Gasteiger charge is -2.11. The van der Waals surface area contributed by atoms with Crippen molar-refractivity contribution >= 4 is 43.4 Å². The first-order valence-corrected chi connectivity index (χ1v) is 15.3. The molecule has 9 aromatic rings. The summed E-state index contributed by atoms with van der Waals surface area (Å²) in [6.07, 6.45) is 0. The zero-order chi connectivity index (χ0) is 30.5. The average molecular weight is 588 g/mol. The molecule has 5 heteroatoms. The molecule has 0 amide bonds. The highest BCUT2D eigenvalue weighted by molar-refractivity contribution is 6.11. The molecule has 0 aliphatic carbocycles. The molecular weight excluding hydrogens is 562 g/mol. The van der Waals surface area contributed by atoms with E-state index >= 15 is 0 Å². The van der Waals surface area contributed by atoms with E-state index in [0.29, 0.717) is 0 Å². The summed E-state index contributed by atoms with van der Waals surface area (Å²) in [5.74, 6) is 0. The Balaban J connectivity index is 1.13. The van der Waals surface area contributed by atoms with Crippen LogP contribution in [0.2, 0.25) is 0 Å². The highest BCUT2D eigenvalue weighted by atomic mass is 14.9. The number of pyridine rings is 5. The topological polar surface area (TPSA) is 64.5 Å². The van der Waals surface area contributed by atoms with Crippen molar-refractivity contribution < 1.29 is 0 Å². The van der Waals surface area contributed by atoms with Gasteiger partial charge in [0.05, 0.1) is 56.6 Å². The third-order valence-electron chi connectivity index (χ3n) is 8.47. The van der Waals surface area contributed by atoms with E-state index in [1.807, 2.05) is 66.7 Å². The normalized spacial score (nSPS) is 11.5. The van der Waals surface area contributed by atoms with Gasteiger partial charge < -0.3 is 0 Å². The second kappa shape index (κ2) is 10.7. The molecule has 9 rings (SSSR count). The van der Waals surface area contributed by atoms with Gasteiger partial charge in [0.1, 0.15) is 0 Å². The maximum absolute atomic E-state index is 5.08. The first-order chi connectivity index (χ1) is 22.8. The van der Waals surface area contributed by atoms with Gasteiger partial charge in [0.25, 0.3) is 0 Å². The zero-order valence-corrected chi connectivity index (χ0v) is 24.7. The standard InChI is InChI=1S/C41H25N5/c1-3-16-30-26(12-1)28-14-5-7-18-32(28)45-40(30)38-24-10-22-36(43-38)34-20-9-21-35(42-34)37-23-11-25-39(44-37)41-31-17-4-2-13-27(31)29-15-6-8-19-33(29)46-41/h1-25H. The molecule has 0 bridgehead atoms. The maximum Gasteiger partial charge on any atom is 0.0972 e. The van der Waals surface area contributed by atoms with E-state index in [1.54, 1.807) is 0 Å². The van der Waals surface area contributed by atoms with Crippen molar-refractivity contribution in [3.63, 3.8) is 0 Å². The Bertz CT molecular complexity index is 2430. The minimum Gasteiger partial charge on any atom is -0.245 e. The Hall–Kier alpha value is -6.33. The van der Waals surface area contributed by atoms with Crippen LogP contribution in [0.4, 0.5) is 0 Å². The van der Waals surface area contributed by atoms with Crippen LogP contribution in [-0.2, 0) is 0 Å². The minimum atomic E-state index is 0.769. The third kappa shape index (κ3) is 4.37. The van der Waals surface area contributed by atoms with Crippen molar-refractivity contribution in [2.75, 3.05) is 0 Å². The molecular formula is C41H25N5. The van der Waals surface area contributed by atoms with Crippen LogP contribution in [0.15, 0.2) is 152 Å². The van der Waals surface area contributed by atoms with Gasteiger partial charge in [0.2, 0.25) is 0 Å². The number of fused-ring (bicyclic) bond motifs is 6. The molecule has 0 radical (unpaired) electrons. The van der Waals surface area contributed by atoms with Gasteiger partial charge >= 0.3 is 0 Å². The predicted molar refractivity (Wildman–Crippen MR) is 187 cm³/mol. The molecule has 5 aromatic heterocycles. The van der Waals surface area contributed by atoms with Gasteiger partial charge in [-0.25, -0.2) is 24.9 Å². The van der Waals surface area contributed by atoms with Crippen molar-refractivity contribution in [1.29, 1.82) is 0 Å². The second-order valence-corrected chi connectivity index (χ2v) is 11.3. The fourth-order valence-electron chi connectivity index (χ4n) is 6.34. The highest BCUT2D eigenvalue weighted by Gasteiger charge is 2.15. The number of benzene rings is 4. The molecule has 214 valence electrons. The monoisotopic (exact) mass is 587 g/mol. The maximum atomic E-state index is 5.08. The summed E-state index contributed by atoms with van der Waals surface area (Å²) in [6.45, 7) is 0. The van der Waals surface area contributed by atoms with Crippen LogP contribution in [0, 0.1) is 0 Å². The zero-order valence-electron chi connectivity index (χ0n) is 24.7. The second-order valence-electron chi connectivity index (χ2n) is 11.3. The SMILES string of the molecule is c1cc(-c2cccc(-c3nc4ccccc4c4ccccc34)n2)nc(-c2cccc(-c3nc4ccccc4c4ccccc34)n2)c1. The van der Waals surface area contributed by atoms with E-state index in [0.717, 1.165) is 88.9 Å². The van der Waals surface area contributed by atoms with E-state index < -0.39 is 0 Å². The van der Waals surface area contributed by atoms with Gasteiger partial charge in [-0.05, 0) is 59.3 Å². The Kier molecular flexibility index (Phi) is 6.06. The van der Waals surface area contributed by atoms with Crippen LogP contribution >= 0.6 is 0 Å². The van der Waals surface area contributed by atoms with Gasteiger partial charge in [-0.1, -0.05) is 103 Å². The summed E-state index contributed by atoms with van der Waals surface area (Å²) in [4.78, 5) is 25.3. The largest absolute Gasteiger partial charge is 0.245 e. The Morgan fingerprint density at radius 3 is 0.935 bits per heavy atom. The molecule has 0 spiro atoms. The molecule has 0 saturated heterocycles. The highest BCUT2D eigenvalue weighted by Crippen LogP contribution is 2.34. The number of hydrogen-bond acceptors (Lipinski definition) is 5. The number of aromatic nitrogens is 5. The van der Waals surface area contributed by atoms with Crippen LogP contribution in [0.3, 0.4) is 0 Å². The molecule has 0 aliphatic rings. The Labute approximate surface area is 264 Å². The molecule has 5 nitrogen and oxygen atoms in total. The summed E-state index contributed by atoms with van der Waals surface area (Å²) in [5.41, 5.74) is 8.31. The first-order valence-electron chi connectivity index (χ1n) is 15.3. The number of para-hydroxylation sites is 2. The molecule has 4 aromatic carbocycles. The van der Waals surface area contributed by atoms with Crippen molar-refractivity contribution in [3.8, 4) is 45.6 Å². The van der Waals surface area contributed by atoms with Gasteiger partial charge in [-0.3, -0.25) is 0 Å². The number of hydrogen-bond donors (Lipinski definition) is 0. The van der Waals surface area contributed by atoms with Crippen LogP contribution in [0.1, 0.15) is 0 Å². The van der Waals surface area contributed by atoms with Gasteiger partial charge in [-0.2, -0.15) is 0 Å². The molecule has 0 atom stereocenters. The average Bonchev–Trinajstić information content (AvgIpc) is 3.14. The minimum absolute atomic E-state index is 0.769. The van der Waals surface area contributed by atoms with Crippen molar-refractivity contribution in [2.45, 2.75) is 0 Å². The fraction of sp³-hybridized carbons (Fsp3) is 0. The Morgan fingerprint density at radius 1 is 0.217 bits per heavy atom. The summed E-state index contributed by atoms with van der Waals surface area (Å²) in [7, 11) is 0. The van der Waals surface area contributed by atoms with E-state index in [1.165, 1.54) is 0 Å². The summed E-state index contributed by atoms with van der Waals surface area (Å²) in [5, 5.41) is 6.74. The lowest BCUT2D eigenvalue weighted by atomic mass is 10.0. The third-order valence-corrected chi connectivity index (χ3v) is 8.47. The predicted octanol–water partition coefficient (Wildman–Crippen LogP) is 9.94. The Morgan fingerprint density at radius 2 is 0.522 bits per heavy atom. The molecule has 5 heterocycles. The van der Waals surface area contributed by atoms with Crippen LogP contribution in [0.25, 0.3) is 88.9 Å². The van der Waals surface area contributed by atoms with E-state index in [4.69, 9.17) is 24.9 Å². The van der Waals surface area contributed by atoms with E-state index in [9.17, 15) is 0 Å². The summed E-state index contributed by atoms with van der Waals surface area (Å²) < 4.78 is 0. The fourth-order valence-corrected chi connectivity index (χ4v) is 6.34. The number of nitrogens with zero attached hydrogens (tertiary/aromatic N) is 5. The molecule has 0 N–H and O–H groups in total. The lowest BCUT2D eigenvalue weighted by molar-refractivity contribution is 1.21. The first kappa shape index (κ1) is 26.1. The van der Waals surface area contributed by atoms with Crippen molar-refractivity contribution in [1.82, 2.24) is 24.9 Å². The van der Waals surface area contributed by atoms with Gasteiger partial charge in [0, 0.05) is 21.5 Å². The van der Waals surface area contributed by atoms with Crippen molar-refractivity contribution in [3.05, 3.63) is 152 Å². The van der Waals surface area contributed by atoms with Crippen LogP contribution < -0.4 is 0 Å².